The molecule has 1 spiro atoms. The molecule has 3 N–H and O–H groups in total. The van der Waals surface area contributed by atoms with Crippen molar-refractivity contribution in [1.29, 1.82) is 5.26 Å². The second-order valence-electron chi connectivity index (χ2n) is 8.03. The number of fused-ring (bicyclic) bond motifs is 5. The van der Waals surface area contributed by atoms with Crippen LogP contribution >= 0.6 is 0 Å². The van der Waals surface area contributed by atoms with Gasteiger partial charge in [0.2, 0.25) is 24.5 Å². The number of methoxy groups -OCH3 is 1. The van der Waals surface area contributed by atoms with Crippen molar-refractivity contribution in [1.82, 2.24) is 10.2 Å². The predicted molar refractivity (Wildman–Crippen MR) is 119 cm³/mol. The summed E-state index contributed by atoms with van der Waals surface area (Å²) in [6.07, 6.45) is 0. The lowest BCUT2D eigenvalue weighted by Gasteiger charge is -2.32. The van der Waals surface area contributed by atoms with Crippen LogP contribution in [0.25, 0.3) is 11.3 Å². The highest BCUT2D eigenvalue weighted by atomic mass is 16.7. The Hall–Kier alpha value is -4.98. The molecule has 11 nitrogen and oxygen atoms in total. The van der Waals surface area contributed by atoms with Crippen LogP contribution in [0, 0.1) is 11.3 Å². The summed E-state index contributed by atoms with van der Waals surface area (Å²) in [5.41, 5.74) is 6.65. The topological polar surface area (TPSA) is 153 Å². The molecular weight excluding hydrogens is 454 g/mol. The van der Waals surface area contributed by atoms with E-state index in [1.807, 2.05) is 0 Å². The summed E-state index contributed by atoms with van der Waals surface area (Å²) in [5.74, 6) is -0.240. The van der Waals surface area contributed by atoms with Gasteiger partial charge in [0.05, 0.1) is 18.4 Å². The van der Waals surface area contributed by atoms with E-state index < -0.39 is 17.3 Å². The van der Waals surface area contributed by atoms with E-state index in [-0.39, 0.29) is 30.7 Å². The highest BCUT2D eigenvalue weighted by Gasteiger charge is 2.61. The first-order valence-corrected chi connectivity index (χ1v) is 10.6. The quantitative estimate of drug-likeness (QED) is 0.543. The summed E-state index contributed by atoms with van der Waals surface area (Å²) >= 11 is 0. The van der Waals surface area contributed by atoms with Crippen LogP contribution in [0.2, 0.25) is 0 Å². The van der Waals surface area contributed by atoms with Gasteiger partial charge in [-0.25, -0.2) is 0 Å². The third-order valence-corrected chi connectivity index (χ3v) is 6.39. The Morgan fingerprint density at radius 2 is 2.09 bits per heavy atom. The fourth-order valence-corrected chi connectivity index (χ4v) is 4.90. The van der Waals surface area contributed by atoms with Crippen molar-refractivity contribution >= 4 is 17.6 Å². The van der Waals surface area contributed by atoms with Gasteiger partial charge in [0, 0.05) is 16.8 Å². The van der Waals surface area contributed by atoms with Crippen molar-refractivity contribution in [3.8, 4) is 34.7 Å². The fourth-order valence-electron chi connectivity index (χ4n) is 4.90. The van der Waals surface area contributed by atoms with Crippen LogP contribution in [-0.4, -0.2) is 42.5 Å². The van der Waals surface area contributed by atoms with Gasteiger partial charge in [-0.05, 0) is 24.3 Å². The number of ether oxygens (including phenoxy) is 4. The lowest BCUT2D eigenvalue weighted by Crippen LogP contribution is -2.47. The molecule has 1 atom stereocenters. The van der Waals surface area contributed by atoms with Gasteiger partial charge >= 0.3 is 5.97 Å². The number of esters is 1. The maximum absolute atomic E-state index is 14.3. The Kier molecular flexibility index (Phi) is 4.28. The molecule has 6 rings (SSSR count). The number of amides is 1. The molecule has 3 aliphatic rings. The van der Waals surface area contributed by atoms with E-state index in [2.05, 4.69) is 16.3 Å². The molecular formula is C24H17N5O6. The van der Waals surface area contributed by atoms with Gasteiger partial charge in [0.15, 0.2) is 11.5 Å². The zero-order valence-corrected chi connectivity index (χ0v) is 18.3. The number of hydrogen-bond acceptors (Lipinski definition) is 9. The minimum atomic E-state index is -1.70. The number of rotatable bonds is 3. The van der Waals surface area contributed by atoms with Crippen LogP contribution in [0.1, 0.15) is 11.1 Å². The second kappa shape index (κ2) is 7.26. The Labute approximate surface area is 198 Å². The molecule has 0 radical (unpaired) electrons. The Morgan fingerprint density at radius 3 is 2.89 bits per heavy atom. The first-order chi connectivity index (χ1) is 17.0. The van der Waals surface area contributed by atoms with E-state index in [1.54, 1.807) is 42.5 Å². The van der Waals surface area contributed by atoms with Crippen molar-refractivity contribution in [2.75, 3.05) is 25.3 Å². The maximum Gasteiger partial charge on any atom is 0.325 e. The molecule has 3 aliphatic heterocycles. The molecule has 0 aliphatic carbocycles. The molecule has 3 aromatic rings. The largest absolute Gasteiger partial charge is 0.468 e. The first kappa shape index (κ1) is 20.6. The van der Waals surface area contributed by atoms with Gasteiger partial charge < -0.3 is 24.7 Å². The molecule has 0 fully saturated rings. The molecule has 35 heavy (non-hydrogen) atoms. The molecule has 0 saturated heterocycles. The predicted octanol–water partition coefficient (Wildman–Crippen LogP) is 1.70. The molecule has 174 valence electrons. The number of benzene rings is 2. The lowest BCUT2D eigenvalue weighted by atomic mass is 9.68. The Balaban J connectivity index is 1.65. The minimum Gasteiger partial charge on any atom is -0.468 e. The van der Waals surface area contributed by atoms with Crippen LogP contribution in [0.15, 0.2) is 53.9 Å². The van der Waals surface area contributed by atoms with E-state index in [9.17, 15) is 14.9 Å². The number of nitrogens with zero attached hydrogens (tertiary/aromatic N) is 3. The number of nitrogens with two attached hydrogens (primary N) is 1. The number of carbonyl (C=O) groups excluding carboxylic acids is 2. The van der Waals surface area contributed by atoms with Gasteiger partial charge in [-0.3, -0.25) is 19.6 Å². The van der Waals surface area contributed by atoms with Crippen LogP contribution in [0.3, 0.4) is 0 Å². The smallest absolute Gasteiger partial charge is 0.325 e. The lowest BCUT2D eigenvalue weighted by molar-refractivity contribution is -0.140. The molecule has 0 unspecified atom stereocenters. The molecule has 11 heteroatoms. The SMILES string of the molecule is COC(=O)CN1C(=O)[C@]2(C(C#N)=C(N)Oc3n[nH]c(-c4ccc5c(c4)OCO5)c32)c2ccccc21. The number of anilines is 1. The van der Waals surface area contributed by atoms with Gasteiger partial charge in [-0.2, -0.15) is 5.26 Å². The van der Waals surface area contributed by atoms with Crippen molar-refractivity contribution in [2.45, 2.75) is 5.41 Å². The molecule has 4 heterocycles. The average molecular weight is 471 g/mol. The highest BCUT2D eigenvalue weighted by Crippen LogP contribution is 2.57. The van der Waals surface area contributed by atoms with Gasteiger partial charge in [-0.15, -0.1) is 5.10 Å². The first-order valence-electron chi connectivity index (χ1n) is 10.6. The van der Waals surface area contributed by atoms with Gasteiger partial charge in [0.1, 0.15) is 23.6 Å². The van der Waals surface area contributed by atoms with Crippen LogP contribution in [0.5, 0.6) is 17.4 Å². The molecule has 2 aromatic carbocycles. The third kappa shape index (κ3) is 2.61. The summed E-state index contributed by atoms with van der Waals surface area (Å²) in [5, 5.41) is 17.4. The molecule has 0 saturated carbocycles. The highest BCUT2D eigenvalue weighted by molar-refractivity contribution is 6.16. The number of nitrogens with one attached hydrogen (secondary N) is 1. The Bertz CT molecular complexity index is 1500. The van der Waals surface area contributed by atoms with Crippen LogP contribution < -0.4 is 24.8 Å². The maximum atomic E-state index is 14.3. The summed E-state index contributed by atoms with van der Waals surface area (Å²) in [7, 11) is 1.24. The number of H-pyrrole nitrogens is 1. The van der Waals surface area contributed by atoms with Crippen molar-refractivity contribution in [2.24, 2.45) is 5.73 Å². The van der Waals surface area contributed by atoms with Gasteiger partial charge in [-0.1, -0.05) is 18.2 Å². The van der Waals surface area contributed by atoms with E-state index in [0.29, 0.717) is 39.6 Å². The van der Waals surface area contributed by atoms with Crippen LogP contribution in [-0.2, 0) is 19.7 Å². The summed E-state index contributed by atoms with van der Waals surface area (Å²) in [6.45, 7) is -0.251. The van der Waals surface area contributed by atoms with Crippen molar-refractivity contribution < 1.29 is 28.5 Å². The fraction of sp³-hybridized carbons (Fsp3) is 0.167. The molecule has 0 bridgehead atoms. The number of para-hydroxylation sites is 1. The van der Waals surface area contributed by atoms with E-state index in [1.165, 1.54) is 12.0 Å². The standard InChI is InChI=1S/C24H17N5O6/c1-32-18(30)10-29-15-5-3-2-4-13(15)24(23(29)31)14(9-25)21(26)35-22-19(24)20(27-28-22)12-6-7-16-17(8-12)34-11-33-16/h2-8H,10-11,26H2,1H3,(H,27,28)/t24-/m0/s1. The number of aromatic nitrogens is 2. The monoisotopic (exact) mass is 471 g/mol. The van der Waals surface area contributed by atoms with E-state index >= 15 is 0 Å². The van der Waals surface area contributed by atoms with Crippen LogP contribution in [0.4, 0.5) is 5.69 Å². The molecule has 1 aromatic heterocycles. The van der Waals surface area contributed by atoms with E-state index in [0.717, 1.165) is 0 Å². The number of aromatic amines is 1. The zero-order valence-electron chi connectivity index (χ0n) is 18.3. The van der Waals surface area contributed by atoms with Crippen molar-refractivity contribution in [3.63, 3.8) is 0 Å². The van der Waals surface area contributed by atoms with E-state index in [4.69, 9.17) is 24.7 Å². The zero-order chi connectivity index (χ0) is 24.3. The van der Waals surface area contributed by atoms with Gasteiger partial charge in [0.25, 0.3) is 0 Å². The number of carbonyl (C=O) groups is 2. The average Bonchev–Trinajstić information content (AvgIpc) is 3.57. The molecule has 1 amide bonds. The summed E-state index contributed by atoms with van der Waals surface area (Å²) in [4.78, 5) is 27.8. The minimum absolute atomic E-state index is 0.0530. The number of hydrogen-bond donors (Lipinski definition) is 2. The van der Waals surface area contributed by atoms with Crippen molar-refractivity contribution in [3.05, 3.63) is 65.0 Å². The third-order valence-electron chi connectivity index (χ3n) is 6.39. The normalized spacial score (nSPS) is 19.3. The number of nitriles is 1. The Morgan fingerprint density at radius 1 is 1.29 bits per heavy atom. The second-order valence-corrected chi connectivity index (χ2v) is 8.03. The summed E-state index contributed by atoms with van der Waals surface area (Å²) < 4.78 is 21.4. The summed E-state index contributed by atoms with van der Waals surface area (Å²) in [6, 6.07) is 14.2.